The topological polar surface area (TPSA) is 61.9 Å². The number of aromatic amines is 1. The third-order valence-electron chi connectivity index (χ3n) is 5.85. The van der Waals surface area contributed by atoms with Crippen molar-refractivity contribution in [2.24, 2.45) is 0 Å². The lowest BCUT2D eigenvalue weighted by molar-refractivity contribution is 0.0607. The van der Waals surface area contributed by atoms with Crippen LogP contribution in [0.5, 0.6) is 0 Å². The summed E-state index contributed by atoms with van der Waals surface area (Å²) >= 11 is 1.44. The number of aromatic nitrogens is 3. The molecule has 5 rings (SSSR count). The van der Waals surface area contributed by atoms with Gasteiger partial charge < -0.3 is 9.88 Å². The monoisotopic (exact) mass is 452 g/mol. The van der Waals surface area contributed by atoms with Crippen LogP contribution in [0.1, 0.15) is 40.6 Å². The van der Waals surface area contributed by atoms with Gasteiger partial charge in [-0.2, -0.15) is 0 Å². The van der Waals surface area contributed by atoms with E-state index in [1.54, 1.807) is 18.2 Å². The van der Waals surface area contributed by atoms with E-state index in [1.807, 2.05) is 11.8 Å². The van der Waals surface area contributed by atoms with Crippen LogP contribution in [-0.4, -0.2) is 38.3 Å². The number of rotatable bonds is 4. The predicted molar refractivity (Wildman–Crippen MR) is 121 cm³/mol. The smallest absolute Gasteiger partial charge is 0.274 e. The third kappa shape index (κ3) is 4.02. The molecule has 8 heteroatoms. The highest BCUT2D eigenvalue weighted by Crippen LogP contribution is 2.33. The van der Waals surface area contributed by atoms with E-state index in [-0.39, 0.29) is 23.6 Å². The average Bonchev–Trinajstić information content (AvgIpc) is 3.36. The Morgan fingerprint density at radius 3 is 2.72 bits per heavy atom. The second-order valence-corrected chi connectivity index (χ2v) is 9.32. The number of imidazole rings is 1. The molecule has 1 unspecified atom stereocenters. The number of fused-ring (bicyclic) bond motifs is 1. The minimum Gasteiger partial charge on any atom is -0.342 e. The number of piperidine rings is 1. The highest BCUT2D eigenvalue weighted by molar-refractivity contribution is 7.15. The first-order chi connectivity index (χ1) is 15.5. The van der Waals surface area contributed by atoms with Crippen molar-refractivity contribution in [3.8, 4) is 10.4 Å². The molecule has 2 aromatic heterocycles. The van der Waals surface area contributed by atoms with Gasteiger partial charge >= 0.3 is 0 Å². The second kappa shape index (κ2) is 8.43. The van der Waals surface area contributed by atoms with Gasteiger partial charge in [-0.05, 0) is 62.1 Å². The highest BCUT2D eigenvalue weighted by atomic mass is 32.1. The zero-order valence-electron chi connectivity index (χ0n) is 17.6. The quantitative estimate of drug-likeness (QED) is 0.444. The molecule has 3 heterocycles. The molecule has 0 aliphatic carbocycles. The lowest BCUT2D eigenvalue weighted by atomic mass is 9.98. The number of likely N-dealkylation sites (tertiary alicyclic amines) is 1. The van der Waals surface area contributed by atoms with E-state index in [2.05, 4.69) is 15.0 Å². The second-order valence-electron chi connectivity index (χ2n) is 8.11. The van der Waals surface area contributed by atoms with E-state index in [9.17, 15) is 13.6 Å². The number of hydrogen-bond acceptors (Lipinski definition) is 4. The first kappa shape index (κ1) is 20.8. The number of carbonyl (C=O) groups excluding carboxylic acids is 1. The minimum absolute atomic E-state index is 0.0234. The number of halogens is 2. The van der Waals surface area contributed by atoms with Gasteiger partial charge in [0.15, 0.2) is 0 Å². The molecule has 1 N–H and O–H groups in total. The van der Waals surface area contributed by atoms with Crippen molar-refractivity contribution < 1.29 is 13.6 Å². The largest absolute Gasteiger partial charge is 0.342 e. The molecule has 1 fully saturated rings. The number of carbonyl (C=O) groups is 1. The lowest BCUT2D eigenvalue weighted by Crippen LogP contribution is -2.45. The molecule has 1 amide bonds. The van der Waals surface area contributed by atoms with Crippen molar-refractivity contribution in [1.29, 1.82) is 0 Å². The van der Waals surface area contributed by atoms with Gasteiger partial charge in [-0.25, -0.2) is 18.7 Å². The summed E-state index contributed by atoms with van der Waals surface area (Å²) in [7, 11) is 0. The summed E-state index contributed by atoms with van der Waals surface area (Å²) in [6.07, 6.45) is 3.40. The Kier molecular flexibility index (Phi) is 5.46. The standard InChI is InChI=1S/C24H22F2N4OS/c1-14-27-22(23(32-14)15-5-7-16(25)8-6-15)24(31)30-11-3-2-4-18(30)13-21-28-19-10-9-17(26)12-20(19)29-21/h5-10,12,18H,2-4,11,13H2,1H3,(H,28,29). The average molecular weight is 453 g/mol. The number of thiazole rings is 1. The van der Waals surface area contributed by atoms with Gasteiger partial charge in [0, 0.05) is 19.0 Å². The van der Waals surface area contributed by atoms with E-state index in [1.165, 1.54) is 35.6 Å². The van der Waals surface area contributed by atoms with Crippen LogP contribution in [0.15, 0.2) is 42.5 Å². The molecule has 164 valence electrons. The van der Waals surface area contributed by atoms with E-state index in [4.69, 9.17) is 0 Å². The number of benzene rings is 2. The summed E-state index contributed by atoms with van der Waals surface area (Å²) in [5.41, 5.74) is 2.57. The Hall–Kier alpha value is -3.13. The molecule has 5 nitrogen and oxygen atoms in total. The molecule has 1 aliphatic heterocycles. The van der Waals surface area contributed by atoms with Gasteiger partial charge in [0.2, 0.25) is 0 Å². The summed E-state index contributed by atoms with van der Waals surface area (Å²) < 4.78 is 26.9. The number of aryl methyl sites for hydroxylation is 1. The fourth-order valence-electron chi connectivity index (χ4n) is 4.34. The fourth-order valence-corrected chi connectivity index (χ4v) is 5.26. The van der Waals surface area contributed by atoms with Gasteiger partial charge in [0.1, 0.15) is 23.2 Å². The molecule has 32 heavy (non-hydrogen) atoms. The molecule has 0 bridgehead atoms. The highest BCUT2D eigenvalue weighted by Gasteiger charge is 2.31. The molecule has 0 saturated carbocycles. The van der Waals surface area contributed by atoms with Crippen LogP contribution >= 0.6 is 11.3 Å². The Morgan fingerprint density at radius 1 is 1.12 bits per heavy atom. The number of hydrogen-bond donors (Lipinski definition) is 1. The Labute approximate surface area is 188 Å². The molecule has 0 radical (unpaired) electrons. The van der Waals surface area contributed by atoms with Crippen LogP contribution in [0.3, 0.4) is 0 Å². The number of nitrogens with zero attached hydrogens (tertiary/aromatic N) is 3. The molecule has 0 spiro atoms. The van der Waals surface area contributed by atoms with Crippen LogP contribution in [0.4, 0.5) is 8.78 Å². The van der Waals surface area contributed by atoms with Gasteiger partial charge in [-0.15, -0.1) is 11.3 Å². The van der Waals surface area contributed by atoms with Crippen LogP contribution in [0, 0.1) is 18.6 Å². The van der Waals surface area contributed by atoms with Crippen LogP contribution < -0.4 is 0 Å². The normalized spacial score (nSPS) is 16.6. The van der Waals surface area contributed by atoms with Gasteiger partial charge in [-0.3, -0.25) is 4.79 Å². The maximum atomic E-state index is 13.6. The van der Waals surface area contributed by atoms with E-state index >= 15 is 0 Å². The Bertz CT molecular complexity index is 1280. The van der Waals surface area contributed by atoms with Gasteiger partial charge in [0.05, 0.1) is 20.9 Å². The van der Waals surface area contributed by atoms with Crippen LogP contribution in [0.25, 0.3) is 21.5 Å². The van der Waals surface area contributed by atoms with Crippen molar-refractivity contribution >= 4 is 28.3 Å². The first-order valence-electron chi connectivity index (χ1n) is 10.7. The Morgan fingerprint density at radius 2 is 1.91 bits per heavy atom. The fraction of sp³-hybridized carbons (Fsp3) is 0.292. The molecule has 1 saturated heterocycles. The van der Waals surface area contributed by atoms with E-state index in [0.29, 0.717) is 29.7 Å². The molecular weight excluding hydrogens is 430 g/mol. The summed E-state index contributed by atoms with van der Waals surface area (Å²) in [5.74, 6) is 0.00289. The maximum absolute atomic E-state index is 13.6. The first-order valence-corrected chi connectivity index (χ1v) is 11.5. The number of amides is 1. The zero-order valence-corrected chi connectivity index (χ0v) is 18.4. The van der Waals surface area contributed by atoms with Crippen molar-refractivity contribution in [3.63, 3.8) is 0 Å². The van der Waals surface area contributed by atoms with Crippen LogP contribution in [0.2, 0.25) is 0 Å². The number of nitrogens with one attached hydrogen (secondary N) is 1. The molecule has 1 atom stereocenters. The predicted octanol–water partition coefficient (Wildman–Crippen LogP) is 5.51. The maximum Gasteiger partial charge on any atom is 0.274 e. The molecular formula is C24H22F2N4OS. The lowest BCUT2D eigenvalue weighted by Gasteiger charge is -2.35. The summed E-state index contributed by atoms with van der Waals surface area (Å²) in [6, 6.07) is 10.6. The zero-order chi connectivity index (χ0) is 22.2. The Balaban J connectivity index is 1.43. The van der Waals surface area contributed by atoms with Crippen LogP contribution in [-0.2, 0) is 6.42 Å². The third-order valence-corrected chi connectivity index (χ3v) is 6.87. The summed E-state index contributed by atoms with van der Waals surface area (Å²) in [5, 5.41) is 0.792. The van der Waals surface area contributed by atoms with Crippen molar-refractivity contribution in [1.82, 2.24) is 19.9 Å². The van der Waals surface area contributed by atoms with Gasteiger partial charge in [-0.1, -0.05) is 12.1 Å². The van der Waals surface area contributed by atoms with Crippen molar-refractivity contribution in [3.05, 3.63) is 70.6 Å². The van der Waals surface area contributed by atoms with Crippen molar-refractivity contribution in [2.45, 2.75) is 38.6 Å². The minimum atomic E-state index is -0.315. The van der Waals surface area contributed by atoms with Crippen molar-refractivity contribution in [2.75, 3.05) is 6.54 Å². The summed E-state index contributed by atoms with van der Waals surface area (Å²) in [6.45, 7) is 2.52. The van der Waals surface area contributed by atoms with E-state index < -0.39 is 0 Å². The number of H-pyrrole nitrogens is 1. The van der Waals surface area contributed by atoms with Gasteiger partial charge in [0.25, 0.3) is 5.91 Å². The molecule has 1 aliphatic rings. The SMILES string of the molecule is Cc1nc(C(=O)N2CCCCC2Cc2nc3ccc(F)cc3[nH]2)c(-c2ccc(F)cc2)s1. The molecule has 2 aromatic carbocycles. The molecule has 4 aromatic rings. The summed E-state index contributed by atoms with van der Waals surface area (Å²) in [4.78, 5) is 28.6. The van der Waals surface area contributed by atoms with E-state index in [0.717, 1.165) is 40.5 Å².